The third-order valence-electron chi connectivity index (χ3n) is 4.77. The number of carbonyl (C=O) groups excluding carboxylic acids is 1. The molecule has 3 aliphatic carbocycles. The van der Waals surface area contributed by atoms with Gasteiger partial charge in [0.25, 0.3) is 0 Å². The Hall–Kier alpha value is -0.590. The summed E-state index contributed by atoms with van der Waals surface area (Å²) in [5.74, 6) is 4.11. The van der Waals surface area contributed by atoms with E-state index in [4.69, 9.17) is 0 Å². The molecule has 0 aromatic rings. The van der Waals surface area contributed by atoms with Crippen LogP contribution in [0.15, 0.2) is 11.6 Å². The first-order valence-electron chi connectivity index (χ1n) is 6.00. The molecule has 0 radical (unpaired) electrons. The van der Waals surface area contributed by atoms with E-state index >= 15 is 0 Å². The lowest BCUT2D eigenvalue weighted by atomic mass is 9.82. The Bertz CT molecular complexity index is 259. The fourth-order valence-corrected chi connectivity index (χ4v) is 4.24. The van der Waals surface area contributed by atoms with E-state index in [1.165, 1.54) is 32.1 Å². The zero-order chi connectivity index (χ0) is 9.54. The Morgan fingerprint density at radius 2 is 1.79 bits per heavy atom. The van der Waals surface area contributed by atoms with Crippen molar-refractivity contribution in [3.8, 4) is 0 Å². The van der Waals surface area contributed by atoms with Gasteiger partial charge in [0, 0.05) is 6.42 Å². The highest BCUT2D eigenvalue weighted by Crippen LogP contribution is 2.59. The van der Waals surface area contributed by atoms with Gasteiger partial charge < -0.3 is 4.79 Å². The van der Waals surface area contributed by atoms with Crippen LogP contribution in [0.25, 0.3) is 0 Å². The number of hydrogen-bond donors (Lipinski definition) is 0. The summed E-state index contributed by atoms with van der Waals surface area (Å²) >= 11 is 0. The summed E-state index contributed by atoms with van der Waals surface area (Å²) in [6.07, 6.45) is 11.0. The van der Waals surface area contributed by atoms with Gasteiger partial charge in [-0.2, -0.15) is 0 Å². The third kappa shape index (κ3) is 1.18. The van der Waals surface area contributed by atoms with Crippen LogP contribution < -0.4 is 0 Å². The van der Waals surface area contributed by atoms with Crippen LogP contribution in [-0.2, 0) is 4.79 Å². The molecule has 4 atom stereocenters. The molecule has 0 N–H and O–H groups in total. The molecule has 3 rings (SSSR count). The van der Waals surface area contributed by atoms with Gasteiger partial charge in [0.2, 0.25) is 0 Å². The third-order valence-corrected chi connectivity index (χ3v) is 4.77. The van der Waals surface area contributed by atoms with Gasteiger partial charge in [0.1, 0.15) is 6.29 Å². The van der Waals surface area contributed by atoms with Crippen molar-refractivity contribution in [3.63, 3.8) is 0 Å². The minimum Gasteiger partial charge on any atom is -0.303 e. The maximum absolute atomic E-state index is 10.3. The van der Waals surface area contributed by atoms with Crippen molar-refractivity contribution >= 4 is 6.29 Å². The van der Waals surface area contributed by atoms with Crippen LogP contribution in [0.1, 0.15) is 38.5 Å². The Labute approximate surface area is 85.6 Å². The van der Waals surface area contributed by atoms with Gasteiger partial charge in [-0.3, -0.25) is 0 Å². The van der Waals surface area contributed by atoms with Crippen LogP contribution in [0.5, 0.6) is 0 Å². The smallest absolute Gasteiger partial charge is 0.123 e. The Morgan fingerprint density at radius 3 is 2.36 bits per heavy atom. The molecule has 1 heteroatoms. The van der Waals surface area contributed by atoms with Crippen LogP contribution in [0.2, 0.25) is 0 Å². The second kappa shape index (κ2) is 3.22. The summed E-state index contributed by atoms with van der Waals surface area (Å²) in [7, 11) is 0. The normalized spacial score (nSPS) is 44.1. The largest absolute Gasteiger partial charge is 0.303 e. The Kier molecular flexibility index (Phi) is 2.00. The van der Waals surface area contributed by atoms with E-state index in [1.807, 2.05) is 0 Å². The van der Waals surface area contributed by atoms with Gasteiger partial charge >= 0.3 is 0 Å². The molecule has 3 fully saturated rings. The minimum absolute atomic E-state index is 0.643. The lowest BCUT2D eigenvalue weighted by Gasteiger charge is -2.23. The highest BCUT2D eigenvalue weighted by Gasteiger charge is 2.50. The molecule has 1 nitrogen and oxygen atoms in total. The number of allylic oxidation sites excluding steroid dienone is 2. The molecule has 0 unspecified atom stereocenters. The van der Waals surface area contributed by atoms with Crippen LogP contribution >= 0.6 is 0 Å². The van der Waals surface area contributed by atoms with Gasteiger partial charge in [-0.15, -0.1) is 0 Å². The number of fused-ring (bicyclic) bond motifs is 5. The van der Waals surface area contributed by atoms with Crippen LogP contribution in [0.3, 0.4) is 0 Å². The quantitative estimate of drug-likeness (QED) is 0.483. The zero-order valence-electron chi connectivity index (χ0n) is 8.61. The molecular weight excluding hydrogens is 172 g/mol. The Morgan fingerprint density at radius 1 is 1.14 bits per heavy atom. The summed E-state index contributed by atoms with van der Waals surface area (Å²) in [4.78, 5) is 10.3. The predicted octanol–water partition coefficient (Wildman–Crippen LogP) is 2.96. The minimum atomic E-state index is 0.643. The lowest BCUT2D eigenvalue weighted by Crippen LogP contribution is -2.15. The standard InChI is InChI=1S/C13H18O/c14-5-1-2-9-6-12-10-3-4-11(8-10)13(12)7-9/h2,5,10-13H,1,3-4,6-8H2/t10-,11-,12-,13-/m1/s1. The number of carbonyl (C=O) groups is 1. The van der Waals surface area contributed by atoms with E-state index in [9.17, 15) is 4.79 Å². The maximum atomic E-state index is 10.3. The van der Waals surface area contributed by atoms with E-state index in [2.05, 4.69) is 6.08 Å². The molecule has 0 aromatic carbocycles. The molecule has 3 aliphatic rings. The average Bonchev–Trinajstić information content (AvgIpc) is 2.85. The number of aldehydes is 1. The molecule has 0 saturated heterocycles. The molecule has 76 valence electrons. The monoisotopic (exact) mass is 190 g/mol. The first-order chi connectivity index (χ1) is 6.88. The molecule has 2 bridgehead atoms. The second-order valence-electron chi connectivity index (χ2n) is 5.33. The molecule has 0 spiro atoms. The van der Waals surface area contributed by atoms with Crippen LogP contribution in [0.4, 0.5) is 0 Å². The number of rotatable bonds is 2. The summed E-state index contributed by atoms with van der Waals surface area (Å²) in [5.41, 5.74) is 1.59. The average molecular weight is 190 g/mol. The topological polar surface area (TPSA) is 17.1 Å². The summed E-state index contributed by atoms with van der Waals surface area (Å²) in [6.45, 7) is 0. The van der Waals surface area contributed by atoms with Crippen LogP contribution in [0, 0.1) is 23.7 Å². The summed E-state index contributed by atoms with van der Waals surface area (Å²) in [6, 6.07) is 0. The second-order valence-corrected chi connectivity index (χ2v) is 5.33. The van der Waals surface area contributed by atoms with Crippen molar-refractivity contribution in [1.82, 2.24) is 0 Å². The van der Waals surface area contributed by atoms with Gasteiger partial charge in [-0.05, 0) is 55.8 Å². The van der Waals surface area contributed by atoms with E-state index in [-0.39, 0.29) is 0 Å². The SMILES string of the molecule is O=CCC=C1C[C@@H]2[C@@H]3CC[C@H](C3)[C@H]2C1. The highest BCUT2D eigenvalue weighted by molar-refractivity contribution is 5.52. The van der Waals surface area contributed by atoms with Crippen LogP contribution in [-0.4, -0.2) is 6.29 Å². The van der Waals surface area contributed by atoms with E-state index in [1.54, 1.807) is 5.57 Å². The molecule has 14 heavy (non-hydrogen) atoms. The number of hydrogen-bond acceptors (Lipinski definition) is 1. The first-order valence-corrected chi connectivity index (χ1v) is 6.00. The fraction of sp³-hybridized carbons (Fsp3) is 0.769. The lowest BCUT2D eigenvalue weighted by molar-refractivity contribution is -0.107. The predicted molar refractivity (Wildman–Crippen MR) is 55.8 cm³/mol. The van der Waals surface area contributed by atoms with Gasteiger partial charge in [-0.25, -0.2) is 0 Å². The van der Waals surface area contributed by atoms with Gasteiger partial charge in [-0.1, -0.05) is 11.6 Å². The van der Waals surface area contributed by atoms with Crippen molar-refractivity contribution < 1.29 is 4.79 Å². The van der Waals surface area contributed by atoms with Crippen molar-refractivity contribution in [2.75, 3.05) is 0 Å². The maximum Gasteiger partial charge on any atom is 0.123 e. The Balaban J connectivity index is 1.73. The summed E-state index contributed by atoms with van der Waals surface area (Å²) < 4.78 is 0. The highest BCUT2D eigenvalue weighted by atomic mass is 16.1. The first kappa shape index (κ1) is 8.70. The van der Waals surface area contributed by atoms with Crippen molar-refractivity contribution in [2.45, 2.75) is 38.5 Å². The fourth-order valence-electron chi connectivity index (χ4n) is 4.24. The molecular formula is C13H18O. The molecule has 0 aromatic heterocycles. The van der Waals surface area contributed by atoms with E-state index in [0.29, 0.717) is 6.42 Å². The molecule has 0 aliphatic heterocycles. The zero-order valence-corrected chi connectivity index (χ0v) is 8.61. The van der Waals surface area contributed by atoms with E-state index in [0.717, 1.165) is 30.0 Å². The molecule has 0 heterocycles. The van der Waals surface area contributed by atoms with Gasteiger partial charge in [0.15, 0.2) is 0 Å². The van der Waals surface area contributed by atoms with Crippen molar-refractivity contribution in [1.29, 1.82) is 0 Å². The summed E-state index contributed by atoms with van der Waals surface area (Å²) in [5, 5.41) is 0. The van der Waals surface area contributed by atoms with Crippen molar-refractivity contribution in [2.24, 2.45) is 23.7 Å². The molecule has 0 amide bonds. The van der Waals surface area contributed by atoms with E-state index < -0.39 is 0 Å². The molecule has 3 saturated carbocycles. The van der Waals surface area contributed by atoms with Gasteiger partial charge in [0.05, 0.1) is 0 Å². The van der Waals surface area contributed by atoms with Crippen molar-refractivity contribution in [3.05, 3.63) is 11.6 Å².